The van der Waals surface area contributed by atoms with Gasteiger partial charge in [0.15, 0.2) is 5.96 Å². The molecule has 0 unspecified atom stereocenters. The predicted octanol–water partition coefficient (Wildman–Crippen LogP) is 2.83. The monoisotopic (exact) mass is 309 g/mol. The Labute approximate surface area is 134 Å². The molecule has 1 rings (SSSR count). The van der Waals surface area contributed by atoms with Crippen LogP contribution in [0.3, 0.4) is 0 Å². The Morgan fingerprint density at radius 3 is 2.82 bits per heavy atom. The molecule has 0 saturated carbocycles. The number of rotatable bonds is 11. The minimum Gasteiger partial charge on any atom is -0.469 e. The summed E-state index contributed by atoms with van der Waals surface area (Å²) >= 11 is 0. The van der Waals surface area contributed by atoms with Gasteiger partial charge in [0.25, 0.3) is 0 Å². The van der Waals surface area contributed by atoms with E-state index in [-0.39, 0.29) is 0 Å². The van der Waals surface area contributed by atoms with Gasteiger partial charge in [-0.2, -0.15) is 0 Å². The molecule has 0 aliphatic heterocycles. The van der Waals surface area contributed by atoms with Gasteiger partial charge in [-0.05, 0) is 30.9 Å². The van der Waals surface area contributed by atoms with Crippen molar-refractivity contribution in [3.05, 3.63) is 24.2 Å². The van der Waals surface area contributed by atoms with E-state index in [0.717, 1.165) is 63.8 Å². The smallest absolute Gasteiger partial charge is 0.191 e. The van der Waals surface area contributed by atoms with Gasteiger partial charge in [-0.3, -0.25) is 4.99 Å². The molecule has 0 bridgehead atoms. The van der Waals surface area contributed by atoms with Gasteiger partial charge in [0, 0.05) is 39.3 Å². The number of aliphatic imine (C=N–C) groups is 1. The van der Waals surface area contributed by atoms with Crippen LogP contribution in [0, 0.1) is 5.92 Å². The Morgan fingerprint density at radius 2 is 2.14 bits per heavy atom. The Bertz CT molecular complexity index is 389. The van der Waals surface area contributed by atoms with E-state index in [1.807, 2.05) is 12.1 Å². The molecule has 0 amide bonds. The Kier molecular flexibility index (Phi) is 10.2. The molecule has 0 saturated heterocycles. The van der Waals surface area contributed by atoms with Crippen LogP contribution < -0.4 is 10.6 Å². The summed E-state index contributed by atoms with van der Waals surface area (Å²) in [4.78, 5) is 4.53. The maximum absolute atomic E-state index is 5.58. The van der Waals surface area contributed by atoms with E-state index in [0.29, 0.717) is 5.92 Å². The number of guanidine groups is 1. The molecule has 0 atom stereocenters. The highest BCUT2D eigenvalue weighted by Gasteiger charge is 2.00. The lowest BCUT2D eigenvalue weighted by atomic mass is 10.2. The number of hydrogen-bond donors (Lipinski definition) is 2. The van der Waals surface area contributed by atoms with E-state index in [9.17, 15) is 0 Å². The molecule has 5 heteroatoms. The molecule has 2 N–H and O–H groups in total. The quantitative estimate of drug-likeness (QED) is 0.375. The molecule has 0 spiro atoms. The third kappa shape index (κ3) is 9.45. The molecule has 0 radical (unpaired) electrons. The first-order valence-electron chi connectivity index (χ1n) is 8.34. The lowest BCUT2D eigenvalue weighted by Crippen LogP contribution is -2.39. The van der Waals surface area contributed by atoms with Crippen LogP contribution in [0.1, 0.15) is 39.4 Å². The average molecular weight is 309 g/mol. The SMILES string of the molecule is CCCN=C(NCCCOCC(C)C)NCCc1ccco1. The van der Waals surface area contributed by atoms with Gasteiger partial charge in [-0.1, -0.05) is 20.8 Å². The van der Waals surface area contributed by atoms with Crippen molar-refractivity contribution in [1.82, 2.24) is 10.6 Å². The van der Waals surface area contributed by atoms with Gasteiger partial charge in [0.05, 0.1) is 6.26 Å². The van der Waals surface area contributed by atoms with Gasteiger partial charge < -0.3 is 19.8 Å². The maximum Gasteiger partial charge on any atom is 0.191 e. The summed E-state index contributed by atoms with van der Waals surface area (Å²) in [7, 11) is 0. The van der Waals surface area contributed by atoms with E-state index in [4.69, 9.17) is 9.15 Å². The van der Waals surface area contributed by atoms with Crippen molar-refractivity contribution in [1.29, 1.82) is 0 Å². The van der Waals surface area contributed by atoms with Gasteiger partial charge >= 0.3 is 0 Å². The van der Waals surface area contributed by atoms with Crippen molar-refractivity contribution < 1.29 is 9.15 Å². The summed E-state index contributed by atoms with van der Waals surface area (Å²) in [5.74, 6) is 2.46. The molecule has 0 aliphatic carbocycles. The number of furan rings is 1. The second-order valence-corrected chi connectivity index (χ2v) is 5.74. The van der Waals surface area contributed by atoms with Gasteiger partial charge in [-0.25, -0.2) is 0 Å². The number of hydrogen-bond acceptors (Lipinski definition) is 3. The van der Waals surface area contributed by atoms with E-state index >= 15 is 0 Å². The molecule has 126 valence electrons. The molecule has 0 aromatic carbocycles. The maximum atomic E-state index is 5.58. The van der Waals surface area contributed by atoms with Crippen LogP contribution in [-0.2, 0) is 11.2 Å². The third-order valence-corrected chi connectivity index (χ3v) is 2.95. The zero-order valence-electron chi connectivity index (χ0n) is 14.2. The number of nitrogens with zero attached hydrogens (tertiary/aromatic N) is 1. The highest BCUT2D eigenvalue weighted by atomic mass is 16.5. The molecular weight excluding hydrogens is 278 g/mol. The minimum absolute atomic E-state index is 0.595. The van der Waals surface area contributed by atoms with Crippen molar-refractivity contribution >= 4 is 5.96 Å². The first-order valence-corrected chi connectivity index (χ1v) is 8.34. The van der Waals surface area contributed by atoms with Gasteiger partial charge in [0.1, 0.15) is 5.76 Å². The summed E-state index contributed by atoms with van der Waals surface area (Å²) in [5.41, 5.74) is 0. The number of ether oxygens (including phenoxy) is 1. The van der Waals surface area contributed by atoms with Crippen molar-refractivity contribution in [3.63, 3.8) is 0 Å². The lowest BCUT2D eigenvalue weighted by molar-refractivity contribution is 0.108. The lowest BCUT2D eigenvalue weighted by Gasteiger charge is -2.12. The largest absolute Gasteiger partial charge is 0.469 e. The van der Waals surface area contributed by atoms with Crippen LogP contribution in [0.2, 0.25) is 0 Å². The topological polar surface area (TPSA) is 58.8 Å². The summed E-state index contributed by atoms with van der Waals surface area (Å²) in [5, 5.41) is 6.69. The van der Waals surface area contributed by atoms with Gasteiger partial charge in [0.2, 0.25) is 0 Å². The average Bonchev–Trinajstić information content (AvgIpc) is 3.00. The second kappa shape index (κ2) is 12.1. The Morgan fingerprint density at radius 1 is 1.32 bits per heavy atom. The fraction of sp³-hybridized carbons (Fsp3) is 0.706. The Balaban J connectivity index is 2.17. The molecule has 1 aromatic heterocycles. The van der Waals surface area contributed by atoms with Crippen LogP contribution in [0.5, 0.6) is 0 Å². The molecule has 0 aliphatic rings. The molecule has 0 fully saturated rings. The molecular formula is C17H31N3O2. The zero-order valence-corrected chi connectivity index (χ0v) is 14.2. The van der Waals surface area contributed by atoms with Crippen LogP contribution in [-0.4, -0.2) is 38.8 Å². The van der Waals surface area contributed by atoms with Crippen LogP contribution in [0.25, 0.3) is 0 Å². The fourth-order valence-corrected chi connectivity index (χ4v) is 1.86. The molecule has 5 nitrogen and oxygen atoms in total. The molecule has 1 heterocycles. The van der Waals surface area contributed by atoms with E-state index < -0.39 is 0 Å². The van der Waals surface area contributed by atoms with Gasteiger partial charge in [-0.15, -0.1) is 0 Å². The number of nitrogens with one attached hydrogen (secondary N) is 2. The van der Waals surface area contributed by atoms with E-state index in [2.05, 4.69) is 36.4 Å². The first kappa shape index (κ1) is 18.6. The van der Waals surface area contributed by atoms with Crippen molar-refractivity contribution in [2.75, 3.05) is 32.8 Å². The molecule has 22 heavy (non-hydrogen) atoms. The summed E-state index contributed by atoms with van der Waals surface area (Å²) in [6.45, 7) is 10.6. The van der Waals surface area contributed by atoms with Crippen molar-refractivity contribution in [2.24, 2.45) is 10.9 Å². The highest BCUT2D eigenvalue weighted by molar-refractivity contribution is 5.79. The van der Waals surface area contributed by atoms with E-state index in [1.54, 1.807) is 6.26 Å². The first-order chi connectivity index (χ1) is 10.7. The standard InChI is InChI=1S/C17H31N3O2/c1-4-9-18-17(19-10-6-12-21-14-15(2)3)20-11-8-16-7-5-13-22-16/h5,7,13,15H,4,6,8-12,14H2,1-3H3,(H2,18,19,20). The predicted molar refractivity (Wildman–Crippen MR) is 91.3 cm³/mol. The zero-order chi connectivity index (χ0) is 16.0. The second-order valence-electron chi connectivity index (χ2n) is 5.74. The van der Waals surface area contributed by atoms with Crippen LogP contribution in [0.4, 0.5) is 0 Å². The van der Waals surface area contributed by atoms with Crippen LogP contribution >= 0.6 is 0 Å². The Hall–Kier alpha value is -1.49. The summed E-state index contributed by atoms with van der Waals surface area (Å²) in [6, 6.07) is 3.90. The minimum atomic E-state index is 0.595. The normalized spacial score (nSPS) is 11.9. The third-order valence-electron chi connectivity index (χ3n) is 2.95. The fourth-order valence-electron chi connectivity index (χ4n) is 1.86. The highest BCUT2D eigenvalue weighted by Crippen LogP contribution is 1.99. The van der Waals surface area contributed by atoms with E-state index in [1.165, 1.54) is 0 Å². The summed E-state index contributed by atoms with van der Waals surface area (Å²) in [6.07, 6.45) is 4.59. The summed E-state index contributed by atoms with van der Waals surface area (Å²) < 4.78 is 10.9. The van der Waals surface area contributed by atoms with Crippen molar-refractivity contribution in [3.8, 4) is 0 Å². The van der Waals surface area contributed by atoms with Crippen molar-refractivity contribution in [2.45, 2.75) is 40.0 Å². The molecule has 1 aromatic rings. The van der Waals surface area contributed by atoms with Crippen LogP contribution in [0.15, 0.2) is 27.8 Å².